The van der Waals surface area contributed by atoms with Gasteiger partial charge in [0.25, 0.3) is 0 Å². The molecular formula is C27H29ClN2O4. The fraction of sp³-hybridized carbons (Fsp3) is 0.333. The maximum absolute atomic E-state index is 12.0. The molecule has 0 atom stereocenters. The molecule has 0 saturated carbocycles. The van der Waals surface area contributed by atoms with Crippen molar-refractivity contribution in [1.82, 2.24) is 4.90 Å². The molecule has 1 aromatic heterocycles. The molecule has 1 fully saturated rings. The number of carboxylic acid groups (broad SMARTS) is 1. The Bertz CT molecular complexity index is 1160. The zero-order chi connectivity index (χ0) is 24.2. The molecule has 6 nitrogen and oxygen atoms in total. The highest BCUT2D eigenvalue weighted by Crippen LogP contribution is 2.32. The van der Waals surface area contributed by atoms with Gasteiger partial charge in [0.15, 0.2) is 0 Å². The maximum atomic E-state index is 12.0. The van der Waals surface area contributed by atoms with Gasteiger partial charge in [0, 0.05) is 22.2 Å². The fourth-order valence-corrected chi connectivity index (χ4v) is 4.39. The molecule has 1 saturated heterocycles. The van der Waals surface area contributed by atoms with Crippen molar-refractivity contribution < 1.29 is 19.1 Å². The lowest BCUT2D eigenvalue weighted by molar-refractivity contribution is -0.118. The Morgan fingerprint density at radius 3 is 2.47 bits per heavy atom. The number of carbonyl (C=O) groups excluding carboxylic acids is 1. The normalized spacial score (nSPS) is 14.9. The van der Waals surface area contributed by atoms with Crippen LogP contribution < -0.4 is 5.32 Å². The van der Waals surface area contributed by atoms with Crippen LogP contribution in [0.25, 0.3) is 11.3 Å². The Hall–Kier alpha value is -3.09. The minimum atomic E-state index is -0.992. The van der Waals surface area contributed by atoms with Crippen LogP contribution in [0.2, 0.25) is 5.02 Å². The molecule has 1 amide bonds. The van der Waals surface area contributed by atoms with E-state index in [0.717, 1.165) is 37.2 Å². The molecule has 2 aromatic carbocycles. The summed E-state index contributed by atoms with van der Waals surface area (Å²) in [4.78, 5) is 26.1. The molecule has 3 aromatic rings. The lowest BCUT2D eigenvalue weighted by atomic mass is 9.89. The zero-order valence-corrected chi connectivity index (χ0v) is 20.1. The van der Waals surface area contributed by atoms with Crippen LogP contribution in [0, 0.1) is 5.92 Å². The number of benzene rings is 2. The Labute approximate surface area is 204 Å². The summed E-state index contributed by atoms with van der Waals surface area (Å²) in [5.41, 5.74) is 3.03. The Morgan fingerprint density at radius 1 is 1.12 bits per heavy atom. The number of nitrogens with one attached hydrogen (secondary N) is 1. The van der Waals surface area contributed by atoms with Gasteiger partial charge in [-0.05, 0) is 79.9 Å². The molecular weight excluding hydrogens is 452 g/mol. The van der Waals surface area contributed by atoms with E-state index in [-0.39, 0.29) is 17.4 Å². The average Bonchev–Trinajstić information content (AvgIpc) is 3.24. The zero-order valence-electron chi connectivity index (χ0n) is 19.4. The van der Waals surface area contributed by atoms with Crippen LogP contribution in [-0.4, -0.2) is 35.0 Å². The summed E-state index contributed by atoms with van der Waals surface area (Å²) in [6, 6.07) is 16.8. The highest BCUT2D eigenvalue weighted by Gasteiger charge is 2.25. The third kappa shape index (κ3) is 5.69. The molecule has 0 unspecified atom stereocenters. The molecule has 0 spiro atoms. The number of hydrogen-bond donors (Lipinski definition) is 2. The van der Waals surface area contributed by atoms with E-state index < -0.39 is 5.97 Å². The van der Waals surface area contributed by atoms with Crippen molar-refractivity contribution in [1.29, 1.82) is 0 Å². The van der Waals surface area contributed by atoms with Crippen molar-refractivity contribution >= 4 is 29.2 Å². The lowest BCUT2D eigenvalue weighted by Crippen LogP contribution is -2.32. The third-order valence-corrected chi connectivity index (χ3v) is 6.52. The van der Waals surface area contributed by atoms with Crippen molar-refractivity contribution in [3.8, 4) is 11.3 Å². The lowest BCUT2D eigenvalue weighted by Gasteiger charge is -2.32. The van der Waals surface area contributed by atoms with Crippen LogP contribution in [-0.2, 0) is 11.3 Å². The van der Waals surface area contributed by atoms with E-state index in [4.69, 9.17) is 16.0 Å². The number of aromatic carboxylic acids is 1. The number of anilines is 1. The molecule has 34 heavy (non-hydrogen) atoms. The molecule has 4 rings (SSSR count). The molecule has 0 bridgehead atoms. The summed E-state index contributed by atoms with van der Waals surface area (Å²) >= 11 is 5.96. The molecule has 0 radical (unpaired) electrons. The molecule has 1 aliphatic heterocycles. The Kier molecular flexibility index (Phi) is 7.39. The third-order valence-electron chi connectivity index (χ3n) is 6.27. The summed E-state index contributed by atoms with van der Waals surface area (Å²) in [6.07, 6.45) is 1.91. The monoisotopic (exact) mass is 480 g/mol. The number of likely N-dealkylation sites (tertiary alicyclic amines) is 1. The number of halogens is 1. The second-order valence-electron chi connectivity index (χ2n) is 9.08. The number of piperidine rings is 1. The maximum Gasteiger partial charge on any atom is 0.339 e. The van der Waals surface area contributed by atoms with Crippen LogP contribution >= 0.6 is 11.6 Å². The summed E-state index contributed by atoms with van der Waals surface area (Å²) in [6.45, 7) is 5.88. The minimum Gasteiger partial charge on any atom is -0.478 e. The predicted octanol–water partition coefficient (Wildman–Crippen LogP) is 6.27. The standard InChI is InChI=1S/C27H29ClN2O4/c1-17(2)26(31)29-22-5-3-4-20(14-22)18-10-12-30(13-11-18)16-25-23(27(32)33)15-24(34-25)19-6-8-21(28)9-7-19/h3-9,14-15,17-18H,10-13,16H2,1-2H3,(H,29,31)(H,32,33). The topological polar surface area (TPSA) is 82.8 Å². The number of hydrogen-bond acceptors (Lipinski definition) is 4. The van der Waals surface area contributed by atoms with Crippen LogP contribution in [0.3, 0.4) is 0 Å². The van der Waals surface area contributed by atoms with Crippen LogP contribution in [0.15, 0.2) is 59.0 Å². The molecule has 0 aliphatic carbocycles. The smallest absolute Gasteiger partial charge is 0.339 e. The number of carboxylic acids is 1. The van der Waals surface area contributed by atoms with Gasteiger partial charge in [-0.3, -0.25) is 9.69 Å². The summed E-state index contributed by atoms with van der Waals surface area (Å²) < 4.78 is 5.98. The van der Waals surface area contributed by atoms with E-state index in [1.54, 1.807) is 18.2 Å². The second-order valence-corrected chi connectivity index (χ2v) is 9.52. The number of furan rings is 1. The molecule has 1 aliphatic rings. The van der Waals surface area contributed by atoms with E-state index in [1.807, 2.05) is 38.1 Å². The molecule has 7 heteroatoms. The van der Waals surface area contributed by atoms with E-state index in [0.29, 0.717) is 29.0 Å². The number of carbonyl (C=O) groups is 2. The predicted molar refractivity (Wildman–Crippen MR) is 133 cm³/mol. The van der Waals surface area contributed by atoms with Gasteiger partial charge in [-0.25, -0.2) is 4.79 Å². The van der Waals surface area contributed by atoms with Crippen molar-refractivity contribution in [3.05, 3.63) is 76.5 Å². The van der Waals surface area contributed by atoms with Crippen LogP contribution in [0.4, 0.5) is 5.69 Å². The van der Waals surface area contributed by atoms with Crippen molar-refractivity contribution in [3.63, 3.8) is 0 Å². The quantitative estimate of drug-likeness (QED) is 0.416. The molecule has 178 valence electrons. The second kappa shape index (κ2) is 10.5. The van der Waals surface area contributed by atoms with Gasteiger partial charge in [0.2, 0.25) is 5.91 Å². The first-order chi connectivity index (χ1) is 16.3. The van der Waals surface area contributed by atoms with Crippen molar-refractivity contribution in [2.75, 3.05) is 18.4 Å². The van der Waals surface area contributed by atoms with Crippen molar-refractivity contribution in [2.24, 2.45) is 5.92 Å². The van der Waals surface area contributed by atoms with Crippen LogP contribution in [0.1, 0.15) is 54.3 Å². The highest BCUT2D eigenvalue weighted by atomic mass is 35.5. The first-order valence-corrected chi connectivity index (χ1v) is 11.9. The molecule has 2 N–H and O–H groups in total. The number of nitrogens with zero attached hydrogens (tertiary/aromatic N) is 1. The van der Waals surface area contributed by atoms with Gasteiger partial charge < -0.3 is 14.8 Å². The summed E-state index contributed by atoms with van der Waals surface area (Å²) in [5.74, 6) is 0.344. The Morgan fingerprint density at radius 2 is 1.82 bits per heavy atom. The average molecular weight is 481 g/mol. The van der Waals surface area contributed by atoms with Gasteiger partial charge in [-0.2, -0.15) is 0 Å². The SMILES string of the molecule is CC(C)C(=O)Nc1cccc(C2CCN(Cc3oc(-c4ccc(Cl)cc4)cc3C(=O)O)CC2)c1. The highest BCUT2D eigenvalue weighted by molar-refractivity contribution is 6.30. The first-order valence-electron chi connectivity index (χ1n) is 11.5. The summed E-state index contributed by atoms with van der Waals surface area (Å²) in [7, 11) is 0. The van der Waals surface area contributed by atoms with Gasteiger partial charge >= 0.3 is 5.97 Å². The van der Waals surface area contributed by atoms with Gasteiger partial charge in [-0.1, -0.05) is 37.6 Å². The summed E-state index contributed by atoms with van der Waals surface area (Å²) in [5, 5.41) is 13.3. The Balaban J connectivity index is 1.41. The number of rotatable bonds is 7. The first kappa shape index (κ1) is 24.0. The van der Waals surface area contributed by atoms with E-state index >= 15 is 0 Å². The fourth-order valence-electron chi connectivity index (χ4n) is 4.27. The van der Waals surface area contributed by atoms with Crippen molar-refractivity contribution in [2.45, 2.75) is 39.2 Å². The minimum absolute atomic E-state index is 0.0117. The van der Waals surface area contributed by atoms with Gasteiger partial charge in [0.05, 0.1) is 6.54 Å². The van der Waals surface area contributed by atoms with Gasteiger partial charge in [-0.15, -0.1) is 0 Å². The van der Waals surface area contributed by atoms with E-state index in [1.165, 1.54) is 5.56 Å². The van der Waals surface area contributed by atoms with E-state index in [9.17, 15) is 14.7 Å². The largest absolute Gasteiger partial charge is 0.478 e. The molecule has 2 heterocycles. The van der Waals surface area contributed by atoms with Gasteiger partial charge in [0.1, 0.15) is 17.1 Å². The van der Waals surface area contributed by atoms with Crippen LogP contribution in [0.5, 0.6) is 0 Å². The van der Waals surface area contributed by atoms with E-state index in [2.05, 4.69) is 22.3 Å². The number of amides is 1.